The lowest BCUT2D eigenvalue weighted by atomic mass is 9.87. The summed E-state index contributed by atoms with van der Waals surface area (Å²) in [5.74, 6) is -2.62. The third-order valence-corrected chi connectivity index (χ3v) is 6.40. The third kappa shape index (κ3) is 3.99. The average molecular weight is 459 g/mol. The van der Waals surface area contributed by atoms with Crippen LogP contribution in [0.3, 0.4) is 0 Å². The SMILES string of the molecule is C[C@@H]1Cc2c([nH]c3ccccc23)[C@@H](c2c(F)cc(/C=C/C(=O)O)cc2F)N1Cc1cccnc1. The van der Waals surface area contributed by atoms with Crippen LogP contribution in [-0.2, 0) is 17.8 Å². The number of aliphatic carboxylic acids is 1. The topological polar surface area (TPSA) is 69.2 Å². The highest BCUT2D eigenvalue weighted by Gasteiger charge is 2.38. The zero-order valence-electron chi connectivity index (χ0n) is 18.5. The number of carboxylic acids is 1. The van der Waals surface area contributed by atoms with Gasteiger partial charge in [-0.25, -0.2) is 13.6 Å². The van der Waals surface area contributed by atoms with E-state index in [-0.39, 0.29) is 17.2 Å². The molecule has 172 valence electrons. The van der Waals surface area contributed by atoms with Crippen LogP contribution in [0.2, 0.25) is 0 Å². The van der Waals surface area contributed by atoms with Crippen LogP contribution in [0.15, 0.2) is 67.0 Å². The van der Waals surface area contributed by atoms with Crippen molar-refractivity contribution in [2.45, 2.75) is 32.0 Å². The van der Waals surface area contributed by atoms with Gasteiger partial charge in [-0.1, -0.05) is 24.3 Å². The second kappa shape index (κ2) is 8.83. The summed E-state index contributed by atoms with van der Waals surface area (Å²) in [6.45, 7) is 2.53. The van der Waals surface area contributed by atoms with Gasteiger partial charge in [-0.3, -0.25) is 9.88 Å². The van der Waals surface area contributed by atoms with E-state index in [1.807, 2.05) is 36.4 Å². The van der Waals surface area contributed by atoms with Crippen LogP contribution in [0.1, 0.15) is 40.9 Å². The van der Waals surface area contributed by atoms with Gasteiger partial charge in [0.15, 0.2) is 0 Å². The Labute approximate surface area is 195 Å². The highest BCUT2D eigenvalue weighted by Crippen LogP contribution is 2.43. The Morgan fingerprint density at radius 2 is 1.97 bits per heavy atom. The standard InChI is InChI=1S/C27H23F2N3O2/c1-16-11-20-19-6-2-3-7-23(19)31-26(20)27(32(16)15-18-5-4-10-30-14-18)25-21(28)12-17(13-22(25)29)8-9-24(33)34/h2-10,12-14,16,27,31H,11,15H2,1H3,(H,33,34)/b9-8+/t16-,27-/m1/s1. The summed E-state index contributed by atoms with van der Waals surface area (Å²) in [6, 6.07) is 13.4. The summed E-state index contributed by atoms with van der Waals surface area (Å²) < 4.78 is 31.1. The van der Waals surface area contributed by atoms with Gasteiger partial charge in [0.2, 0.25) is 0 Å². The second-order valence-electron chi connectivity index (χ2n) is 8.62. The van der Waals surface area contributed by atoms with E-state index >= 15 is 8.78 Å². The van der Waals surface area contributed by atoms with Gasteiger partial charge in [-0.15, -0.1) is 0 Å². The molecule has 0 bridgehead atoms. The molecule has 3 heterocycles. The van der Waals surface area contributed by atoms with Crippen LogP contribution in [0.4, 0.5) is 8.78 Å². The predicted octanol–water partition coefficient (Wildman–Crippen LogP) is 5.48. The lowest BCUT2D eigenvalue weighted by Gasteiger charge is -2.41. The highest BCUT2D eigenvalue weighted by molar-refractivity contribution is 5.86. The maximum absolute atomic E-state index is 15.5. The number of carbonyl (C=O) groups is 1. The second-order valence-corrected chi connectivity index (χ2v) is 8.62. The minimum atomic E-state index is -1.18. The number of halogens is 2. The first-order valence-electron chi connectivity index (χ1n) is 11.1. The molecule has 7 heteroatoms. The maximum atomic E-state index is 15.5. The van der Waals surface area contributed by atoms with Gasteiger partial charge >= 0.3 is 5.97 Å². The lowest BCUT2D eigenvalue weighted by Crippen LogP contribution is -2.42. The number of hydrogen-bond acceptors (Lipinski definition) is 3. The summed E-state index contributed by atoms with van der Waals surface area (Å²) >= 11 is 0. The van der Waals surface area contributed by atoms with Crippen molar-refractivity contribution < 1.29 is 18.7 Å². The van der Waals surface area contributed by atoms with Gasteiger partial charge in [0.05, 0.1) is 6.04 Å². The molecule has 2 N–H and O–H groups in total. The molecule has 5 nitrogen and oxygen atoms in total. The summed E-state index contributed by atoms with van der Waals surface area (Å²) in [4.78, 5) is 20.6. The fourth-order valence-electron chi connectivity index (χ4n) is 4.90. The van der Waals surface area contributed by atoms with E-state index in [0.29, 0.717) is 6.54 Å². The monoisotopic (exact) mass is 459 g/mol. The van der Waals surface area contributed by atoms with Gasteiger partial charge < -0.3 is 10.1 Å². The maximum Gasteiger partial charge on any atom is 0.328 e. The zero-order valence-corrected chi connectivity index (χ0v) is 18.5. The van der Waals surface area contributed by atoms with E-state index in [4.69, 9.17) is 5.11 Å². The molecule has 34 heavy (non-hydrogen) atoms. The van der Waals surface area contributed by atoms with Crippen LogP contribution in [0.25, 0.3) is 17.0 Å². The first-order valence-corrected chi connectivity index (χ1v) is 11.1. The number of pyridine rings is 1. The molecule has 2 aromatic carbocycles. The Bertz CT molecular complexity index is 1370. The molecular formula is C27H23F2N3O2. The van der Waals surface area contributed by atoms with Crippen molar-refractivity contribution in [3.8, 4) is 0 Å². The quantitative estimate of drug-likeness (QED) is 0.388. The number of para-hydroxylation sites is 1. The minimum absolute atomic E-state index is 0.00213. The Balaban J connectivity index is 1.68. The Morgan fingerprint density at radius 1 is 1.21 bits per heavy atom. The number of carboxylic acid groups (broad SMARTS) is 1. The van der Waals surface area contributed by atoms with E-state index in [2.05, 4.69) is 21.8 Å². The van der Waals surface area contributed by atoms with Crippen LogP contribution in [0.5, 0.6) is 0 Å². The largest absolute Gasteiger partial charge is 0.478 e. The van der Waals surface area contributed by atoms with E-state index in [1.165, 1.54) is 18.2 Å². The number of hydrogen-bond donors (Lipinski definition) is 2. The molecule has 0 saturated carbocycles. The predicted molar refractivity (Wildman–Crippen MR) is 126 cm³/mol. The van der Waals surface area contributed by atoms with Crippen LogP contribution in [-0.4, -0.2) is 32.0 Å². The fraction of sp³-hybridized carbons (Fsp3) is 0.185. The summed E-state index contributed by atoms with van der Waals surface area (Å²) in [5, 5.41) is 9.92. The van der Waals surface area contributed by atoms with Crippen molar-refractivity contribution in [2.24, 2.45) is 0 Å². The Morgan fingerprint density at radius 3 is 2.68 bits per heavy atom. The number of benzene rings is 2. The van der Waals surface area contributed by atoms with Crippen molar-refractivity contribution in [1.29, 1.82) is 0 Å². The number of fused-ring (bicyclic) bond motifs is 3. The van der Waals surface area contributed by atoms with Crippen molar-refractivity contribution in [3.05, 3.63) is 107 Å². The first-order chi connectivity index (χ1) is 16.4. The number of H-pyrrole nitrogens is 1. The van der Waals surface area contributed by atoms with E-state index in [9.17, 15) is 4.79 Å². The highest BCUT2D eigenvalue weighted by atomic mass is 19.1. The van der Waals surface area contributed by atoms with Crippen molar-refractivity contribution in [2.75, 3.05) is 0 Å². The number of nitrogens with zero attached hydrogens (tertiary/aromatic N) is 2. The van der Waals surface area contributed by atoms with Crippen LogP contribution < -0.4 is 0 Å². The third-order valence-electron chi connectivity index (χ3n) is 6.40. The minimum Gasteiger partial charge on any atom is -0.478 e. The molecule has 0 aliphatic carbocycles. The van der Waals surface area contributed by atoms with Crippen LogP contribution in [0, 0.1) is 11.6 Å². The molecule has 2 aromatic heterocycles. The van der Waals surface area contributed by atoms with E-state index in [1.54, 1.807) is 12.4 Å². The molecule has 1 aliphatic heterocycles. The molecular weight excluding hydrogens is 436 g/mol. The lowest BCUT2D eigenvalue weighted by molar-refractivity contribution is -0.131. The average Bonchev–Trinajstić information content (AvgIpc) is 3.18. The normalized spacial score (nSPS) is 18.4. The molecule has 0 fully saturated rings. The summed E-state index contributed by atoms with van der Waals surface area (Å²) in [7, 11) is 0. The molecule has 5 rings (SSSR count). The van der Waals surface area contributed by atoms with Crippen molar-refractivity contribution >= 4 is 22.9 Å². The van der Waals surface area contributed by atoms with Gasteiger partial charge in [-0.2, -0.15) is 0 Å². The van der Waals surface area contributed by atoms with Gasteiger partial charge in [0.25, 0.3) is 0 Å². The molecule has 0 saturated heterocycles. The molecule has 0 unspecified atom stereocenters. The zero-order chi connectivity index (χ0) is 23.8. The number of rotatable bonds is 5. The molecule has 2 atom stereocenters. The van der Waals surface area contributed by atoms with Crippen molar-refractivity contribution in [3.63, 3.8) is 0 Å². The molecule has 1 aliphatic rings. The molecule has 4 aromatic rings. The number of nitrogens with one attached hydrogen (secondary N) is 1. The number of aromatic nitrogens is 2. The number of aromatic amines is 1. The molecule has 0 amide bonds. The molecule has 0 spiro atoms. The van der Waals surface area contributed by atoms with E-state index in [0.717, 1.165) is 40.2 Å². The summed E-state index contributed by atoms with van der Waals surface area (Å²) in [6.07, 6.45) is 6.24. The van der Waals surface area contributed by atoms with Gasteiger partial charge in [-0.05, 0) is 60.4 Å². The smallest absolute Gasteiger partial charge is 0.328 e. The summed E-state index contributed by atoms with van der Waals surface area (Å²) in [5.41, 5.74) is 3.80. The Hall–Kier alpha value is -3.84. The van der Waals surface area contributed by atoms with Crippen LogP contribution >= 0.6 is 0 Å². The fourth-order valence-corrected chi connectivity index (χ4v) is 4.90. The first kappa shape index (κ1) is 22.0. The van der Waals surface area contributed by atoms with E-state index < -0.39 is 23.6 Å². The molecule has 0 radical (unpaired) electrons. The van der Waals surface area contributed by atoms with Crippen molar-refractivity contribution in [1.82, 2.24) is 14.9 Å². The van der Waals surface area contributed by atoms with Gasteiger partial charge in [0.1, 0.15) is 11.6 Å². The van der Waals surface area contributed by atoms with Gasteiger partial charge in [0, 0.05) is 53.2 Å². The Kier molecular flexibility index (Phi) is 5.71.